The lowest BCUT2D eigenvalue weighted by atomic mass is 9.99. The molecule has 0 saturated heterocycles. The number of likely N-dealkylation sites (N-methyl/N-ethyl adjacent to an activating group) is 1. The maximum Gasteiger partial charge on any atom is 0.254 e. The van der Waals surface area contributed by atoms with Crippen LogP contribution in [0.4, 0.5) is 0 Å². The van der Waals surface area contributed by atoms with Gasteiger partial charge in [-0.05, 0) is 47.4 Å². The molecule has 1 aromatic carbocycles. The lowest BCUT2D eigenvalue weighted by molar-refractivity contribution is 0.0915. The van der Waals surface area contributed by atoms with Gasteiger partial charge in [0.25, 0.3) is 5.91 Å². The lowest BCUT2D eigenvalue weighted by Gasteiger charge is -2.31. The van der Waals surface area contributed by atoms with Gasteiger partial charge in [-0.3, -0.25) is 9.48 Å². The molecule has 0 aliphatic rings. The Bertz CT molecular complexity index is 670. The van der Waals surface area contributed by atoms with E-state index in [1.807, 2.05) is 43.9 Å². The van der Waals surface area contributed by atoms with E-state index >= 15 is 0 Å². The Morgan fingerprint density at radius 3 is 2.33 bits per heavy atom. The molecule has 2 aromatic rings. The number of nitrogens with one attached hydrogen (secondary N) is 1. The summed E-state index contributed by atoms with van der Waals surface area (Å²) in [6.07, 6.45) is 3.43. The number of nitrogens with zero attached hydrogens (tertiary/aromatic N) is 3. The number of carbonyl (C=O) groups excluding carboxylic acids is 1. The summed E-state index contributed by atoms with van der Waals surface area (Å²) in [6.45, 7) is 8.20. The van der Waals surface area contributed by atoms with Crippen LogP contribution in [0, 0.1) is 0 Å². The van der Waals surface area contributed by atoms with E-state index < -0.39 is 0 Å². The monoisotopic (exact) mass is 328 g/mol. The molecule has 2 unspecified atom stereocenters. The van der Waals surface area contributed by atoms with Crippen molar-refractivity contribution in [3.05, 3.63) is 53.9 Å². The Morgan fingerprint density at radius 2 is 1.83 bits per heavy atom. The molecular formula is C19H28N4O. The van der Waals surface area contributed by atoms with E-state index in [-0.39, 0.29) is 23.5 Å². The van der Waals surface area contributed by atoms with E-state index in [4.69, 9.17) is 0 Å². The van der Waals surface area contributed by atoms with Crippen LogP contribution in [0.25, 0.3) is 0 Å². The lowest BCUT2D eigenvalue weighted by Crippen LogP contribution is -2.42. The van der Waals surface area contributed by atoms with Crippen molar-refractivity contribution in [2.45, 2.75) is 45.3 Å². The summed E-state index contributed by atoms with van der Waals surface area (Å²) < 4.78 is 1.81. The summed E-state index contributed by atoms with van der Waals surface area (Å²) in [4.78, 5) is 14.7. The minimum Gasteiger partial charge on any atom is -0.348 e. The molecule has 1 N–H and O–H groups in total. The Hall–Kier alpha value is -2.14. The highest BCUT2D eigenvalue weighted by molar-refractivity contribution is 5.93. The van der Waals surface area contributed by atoms with E-state index in [0.717, 1.165) is 0 Å². The molecule has 0 bridgehead atoms. The molecule has 24 heavy (non-hydrogen) atoms. The maximum absolute atomic E-state index is 12.6. The van der Waals surface area contributed by atoms with Crippen molar-refractivity contribution in [3.8, 4) is 0 Å². The van der Waals surface area contributed by atoms with Gasteiger partial charge in [0, 0.05) is 12.2 Å². The summed E-state index contributed by atoms with van der Waals surface area (Å²) in [5, 5.41) is 7.41. The topological polar surface area (TPSA) is 50.2 Å². The van der Waals surface area contributed by atoms with Gasteiger partial charge in [0.2, 0.25) is 0 Å². The zero-order valence-corrected chi connectivity index (χ0v) is 15.4. The molecule has 0 aliphatic carbocycles. The number of rotatable bonds is 5. The zero-order valence-electron chi connectivity index (χ0n) is 15.4. The normalized spacial score (nSPS) is 14.5. The van der Waals surface area contributed by atoms with Gasteiger partial charge in [-0.2, -0.15) is 5.10 Å². The smallest absolute Gasteiger partial charge is 0.254 e. The van der Waals surface area contributed by atoms with Crippen molar-refractivity contribution < 1.29 is 4.79 Å². The van der Waals surface area contributed by atoms with Crippen molar-refractivity contribution in [1.82, 2.24) is 20.0 Å². The van der Waals surface area contributed by atoms with Gasteiger partial charge in [-0.1, -0.05) is 30.3 Å². The number of carbonyl (C=O) groups is 1. The number of aromatic nitrogens is 2. The predicted octanol–water partition coefficient (Wildman–Crippen LogP) is 3.06. The molecule has 130 valence electrons. The van der Waals surface area contributed by atoms with Crippen LogP contribution < -0.4 is 5.32 Å². The molecule has 0 saturated carbocycles. The standard InChI is InChI=1S/C19H28N4O/c1-14(17(22(5)6)15-10-8-7-9-11-15)21-18(24)16-12-20-23(13-16)19(2,3)4/h7-14,17H,1-6H3,(H,21,24). The average Bonchev–Trinajstić information content (AvgIpc) is 2.98. The third kappa shape index (κ3) is 4.23. The van der Waals surface area contributed by atoms with Crippen LogP contribution in [0.15, 0.2) is 42.7 Å². The molecule has 0 spiro atoms. The minimum absolute atomic E-state index is 0.0344. The van der Waals surface area contributed by atoms with Gasteiger partial charge in [0.05, 0.1) is 23.3 Å². The SMILES string of the molecule is CC(NC(=O)c1cnn(C(C)(C)C)c1)C(c1ccccc1)N(C)C. The summed E-state index contributed by atoms with van der Waals surface area (Å²) in [6, 6.07) is 10.3. The summed E-state index contributed by atoms with van der Waals surface area (Å²) in [5.74, 6) is -0.0965. The highest BCUT2D eigenvalue weighted by Gasteiger charge is 2.24. The molecular weight excluding hydrogens is 300 g/mol. The number of hydrogen-bond donors (Lipinski definition) is 1. The van der Waals surface area contributed by atoms with Crippen molar-refractivity contribution in [2.75, 3.05) is 14.1 Å². The van der Waals surface area contributed by atoms with E-state index in [1.54, 1.807) is 12.4 Å². The van der Waals surface area contributed by atoms with Crippen LogP contribution in [0.5, 0.6) is 0 Å². The second-order valence-corrected chi connectivity index (χ2v) is 7.43. The highest BCUT2D eigenvalue weighted by Crippen LogP contribution is 2.22. The second kappa shape index (κ2) is 7.18. The minimum atomic E-state index is -0.139. The highest BCUT2D eigenvalue weighted by atomic mass is 16.1. The fourth-order valence-electron chi connectivity index (χ4n) is 2.86. The van der Waals surface area contributed by atoms with E-state index in [9.17, 15) is 4.79 Å². The van der Waals surface area contributed by atoms with Crippen LogP contribution in [0.2, 0.25) is 0 Å². The van der Waals surface area contributed by atoms with Crippen molar-refractivity contribution in [3.63, 3.8) is 0 Å². The van der Waals surface area contributed by atoms with E-state index in [0.29, 0.717) is 5.56 Å². The molecule has 0 radical (unpaired) electrons. The van der Waals surface area contributed by atoms with Crippen LogP contribution >= 0.6 is 0 Å². The molecule has 1 amide bonds. The fourth-order valence-corrected chi connectivity index (χ4v) is 2.86. The van der Waals surface area contributed by atoms with Gasteiger partial charge >= 0.3 is 0 Å². The Kier molecular flexibility index (Phi) is 5.44. The van der Waals surface area contributed by atoms with Gasteiger partial charge < -0.3 is 10.2 Å². The van der Waals surface area contributed by atoms with Crippen LogP contribution in [0.3, 0.4) is 0 Å². The number of hydrogen-bond acceptors (Lipinski definition) is 3. The molecule has 5 heteroatoms. The first-order valence-corrected chi connectivity index (χ1v) is 8.27. The molecule has 1 heterocycles. The Morgan fingerprint density at radius 1 is 1.21 bits per heavy atom. The number of benzene rings is 1. The van der Waals surface area contributed by atoms with Crippen molar-refractivity contribution in [2.24, 2.45) is 0 Å². The first-order chi connectivity index (χ1) is 11.2. The molecule has 0 aliphatic heterocycles. The molecule has 5 nitrogen and oxygen atoms in total. The Balaban J connectivity index is 2.13. The van der Waals surface area contributed by atoms with E-state index in [1.165, 1.54) is 5.56 Å². The predicted molar refractivity (Wildman–Crippen MR) is 97.0 cm³/mol. The molecule has 1 aromatic heterocycles. The largest absolute Gasteiger partial charge is 0.348 e. The first-order valence-electron chi connectivity index (χ1n) is 8.27. The fraction of sp³-hybridized carbons (Fsp3) is 0.474. The average molecular weight is 328 g/mol. The first kappa shape index (κ1) is 18.2. The molecule has 0 fully saturated rings. The van der Waals surface area contributed by atoms with Crippen molar-refractivity contribution in [1.29, 1.82) is 0 Å². The van der Waals surface area contributed by atoms with E-state index in [2.05, 4.69) is 48.2 Å². The molecule has 2 atom stereocenters. The summed E-state index contributed by atoms with van der Waals surface area (Å²) in [7, 11) is 4.05. The van der Waals surface area contributed by atoms with Crippen LogP contribution in [-0.4, -0.2) is 40.7 Å². The zero-order chi connectivity index (χ0) is 17.9. The van der Waals surface area contributed by atoms with Crippen molar-refractivity contribution >= 4 is 5.91 Å². The van der Waals surface area contributed by atoms with Gasteiger partial charge in [0.1, 0.15) is 0 Å². The summed E-state index contributed by atoms with van der Waals surface area (Å²) in [5.41, 5.74) is 1.63. The summed E-state index contributed by atoms with van der Waals surface area (Å²) >= 11 is 0. The third-order valence-electron chi connectivity index (χ3n) is 4.06. The van der Waals surface area contributed by atoms with Crippen LogP contribution in [-0.2, 0) is 5.54 Å². The van der Waals surface area contributed by atoms with Gasteiger partial charge in [-0.25, -0.2) is 0 Å². The maximum atomic E-state index is 12.6. The quantitative estimate of drug-likeness (QED) is 0.918. The number of amides is 1. The Labute approximate surface area is 144 Å². The second-order valence-electron chi connectivity index (χ2n) is 7.43. The van der Waals surface area contributed by atoms with Crippen LogP contribution in [0.1, 0.15) is 49.7 Å². The van der Waals surface area contributed by atoms with Gasteiger partial charge in [-0.15, -0.1) is 0 Å². The molecule has 2 rings (SSSR count). The van der Waals surface area contributed by atoms with Gasteiger partial charge in [0.15, 0.2) is 0 Å². The third-order valence-corrected chi connectivity index (χ3v) is 4.06.